The molecule has 0 aliphatic carbocycles. The Balaban J connectivity index is 2.74. The van der Waals surface area contributed by atoms with Crippen molar-refractivity contribution in [1.82, 2.24) is 0 Å². The SMILES string of the molecule is COc1cccc(OSC)c1. The molecule has 0 aromatic heterocycles. The van der Waals surface area contributed by atoms with Gasteiger partial charge in [-0.2, -0.15) is 0 Å². The molecule has 0 N–H and O–H groups in total. The van der Waals surface area contributed by atoms with E-state index in [1.807, 2.05) is 30.5 Å². The van der Waals surface area contributed by atoms with E-state index in [2.05, 4.69) is 0 Å². The van der Waals surface area contributed by atoms with Crippen molar-refractivity contribution in [2.24, 2.45) is 0 Å². The summed E-state index contributed by atoms with van der Waals surface area (Å²) < 4.78 is 10.2. The average Bonchev–Trinajstić information content (AvgIpc) is 2.06. The van der Waals surface area contributed by atoms with Crippen LogP contribution < -0.4 is 8.92 Å². The van der Waals surface area contributed by atoms with Crippen LogP contribution in [0.1, 0.15) is 0 Å². The first-order chi connectivity index (χ1) is 5.36. The summed E-state index contributed by atoms with van der Waals surface area (Å²) in [5, 5.41) is 0. The van der Waals surface area contributed by atoms with Gasteiger partial charge in [0.05, 0.1) is 19.2 Å². The van der Waals surface area contributed by atoms with E-state index in [4.69, 9.17) is 8.92 Å². The predicted molar refractivity (Wildman–Crippen MR) is 47.1 cm³/mol. The van der Waals surface area contributed by atoms with Crippen molar-refractivity contribution in [3.63, 3.8) is 0 Å². The van der Waals surface area contributed by atoms with Crippen molar-refractivity contribution in [2.75, 3.05) is 13.4 Å². The highest BCUT2D eigenvalue weighted by atomic mass is 32.2. The van der Waals surface area contributed by atoms with Crippen LogP contribution in [0.3, 0.4) is 0 Å². The second kappa shape index (κ2) is 4.13. The van der Waals surface area contributed by atoms with Gasteiger partial charge >= 0.3 is 0 Å². The minimum absolute atomic E-state index is 0.816. The van der Waals surface area contributed by atoms with Crippen LogP contribution in [-0.2, 0) is 0 Å². The van der Waals surface area contributed by atoms with E-state index >= 15 is 0 Å². The van der Waals surface area contributed by atoms with Gasteiger partial charge in [-0.3, -0.25) is 0 Å². The predicted octanol–water partition coefficient (Wildman–Crippen LogP) is 2.35. The molecule has 2 nitrogen and oxygen atoms in total. The van der Waals surface area contributed by atoms with Crippen molar-refractivity contribution in [1.29, 1.82) is 0 Å². The lowest BCUT2D eigenvalue weighted by Gasteiger charge is -2.02. The molecule has 0 aliphatic rings. The van der Waals surface area contributed by atoms with Crippen LogP contribution in [0, 0.1) is 0 Å². The Hall–Kier alpha value is -0.830. The third-order valence-corrected chi connectivity index (χ3v) is 1.58. The van der Waals surface area contributed by atoms with E-state index in [9.17, 15) is 0 Å². The van der Waals surface area contributed by atoms with Crippen molar-refractivity contribution >= 4 is 12.0 Å². The summed E-state index contributed by atoms with van der Waals surface area (Å²) in [6.07, 6.45) is 1.87. The highest BCUT2D eigenvalue weighted by Crippen LogP contribution is 2.20. The zero-order valence-electron chi connectivity index (χ0n) is 6.53. The number of methoxy groups -OCH3 is 1. The molecule has 0 fully saturated rings. The molecule has 11 heavy (non-hydrogen) atoms. The lowest BCUT2D eigenvalue weighted by molar-refractivity contribution is 0.413. The third kappa shape index (κ3) is 2.35. The molecule has 0 amide bonds. The summed E-state index contributed by atoms with van der Waals surface area (Å²) in [5.74, 6) is 1.63. The average molecular weight is 170 g/mol. The van der Waals surface area contributed by atoms with E-state index in [0.717, 1.165) is 11.5 Å². The Morgan fingerprint density at radius 2 is 2.00 bits per heavy atom. The molecule has 0 aliphatic heterocycles. The Bertz CT molecular complexity index is 225. The minimum atomic E-state index is 0.816. The van der Waals surface area contributed by atoms with Gasteiger partial charge in [0.1, 0.15) is 11.5 Å². The van der Waals surface area contributed by atoms with Gasteiger partial charge in [0.25, 0.3) is 0 Å². The first-order valence-electron chi connectivity index (χ1n) is 3.21. The summed E-state index contributed by atoms with van der Waals surface area (Å²) in [7, 11) is 1.64. The van der Waals surface area contributed by atoms with E-state index in [1.165, 1.54) is 12.0 Å². The molecule has 0 unspecified atom stereocenters. The van der Waals surface area contributed by atoms with Crippen LogP contribution in [0.2, 0.25) is 0 Å². The minimum Gasteiger partial charge on any atom is -0.497 e. The molecule has 3 heteroatoms. The summed E-state index contributed by atoms with van der Waals surface area (Å²) in [6.45, 7) is 0. The second-order valence-electron chi connectivity index (χ2n) is 1.93. The molecule has 0 saturated carbocycles. The smallest absolute Gasteiger partial charge is 0.141 e. The maximum absolute atomic E-state index is 5.18. The lowest BCUT2D eigenvalue weighted by atomic mass is 10.3. The molecule has 0 saturated heterocycles. The molecule has 0 heterocycles. The van der Waals surface area contributed by atoms with Gasteiger partial charge in [-0.25, -0.2) is 0 Å². The molecule has 0 bridgehead atoms. The topological polar surface area (TPSA) is 18.5 Å². The highest BCUT2D eigenvalue weighted by Gasteiger charge is 1.94. The fourth-order valence-corrected chi connectivity index (χ4v) is 1.05. The molecule has 0 spiro atoms. The summed E-state index contributed by atoms with van der Waals surface area (Å²) in [5.41, 5.74) is 0. The zero-order valence-corrected chi connectivity index (χ0v) is 7.35. The van der Waals surface area contributed by atoms with Gasteiger partial charge in [-0.1, -0.05) is 6.07 Å². The first-order valence-corrected chi connectivity index (χ1v) is 4.36. The van der Waals surface area contributed by atoms with Crippen LogP contribution in [0.25, 0.3) is 0 Å². The maximum atomic E-state index is 5.18. The Morgan fingerprint density at radius 1 is 1.27 bits per heavy atom. The standard InChI is InChI=1S/C8H10O2S/c1-9-7-4-3-5-8(6-7)10-11-2/h3-6H,1-2H3. The van der Waals surface area contributed by atoms with Crippen LogP contribution >= 0.6 is 12.0 Å². The fourth-order valence-electron chi connectivity index (χ4n) is 0.749. The van der Waals surface area contributed by atoms with Crippen molar-refractivity contribution < 1.29 is 8.92 Å². The zero-order chi connectivity index (χ0) is 8.10. The fraction of sp³-hybridized carbons (Fsp3) is 0.250. The van der Waals surface area contributed by atoms with Crippen LogP contribution in [0.5, 0.6) is 11.5 Å². The van der Waals surface area contributed by atoms with Crippen LogP contribution in [-0.4, -0.2) is 13.4 Å². The maximum Gasteiger partial charge on any atom is 0.141 e. The van der Waals surface area contributed by atoms with E-state index in [1.54, 1.807) is 7.11 Å². The van der Waals surface area contributed by atoms with E-state index in [0.29, 0.717) is 0 Å². The molecule has 0 radical (unpaired) electrons. The van der Waals surface area contributed by atoms with Gasteiger partial charge in [-0.05, 0) is 12.1 Å². The summed E-state index contributed by atoms with van der Waals surface area (Å²) >= 11 is 1.32. The molecular weight excluding hydrogens is 160 g/mol. The van der Waals surface area contributed by atoms with Gasteiger partial charge in [0.15, 0.2) is 0 Å². The molecule has 1 aromatic carbocycles. The Labute approximate surface area is 70.7 Å². The summed E-state index contributed by atoms with van der Waals surface area (Å²) in [4.78, 5) is 0. The number of hydrogen-bond donors (Lipinski definition) is 0. The second-order valence-corrected chi connectivity index (χ2v) is 2.43. The quantitative estimate of drug-likeness (QED) is 0.649. The highest BCUT2D eigenvalue weighted by molar-refractivity contribution is 7.94. The van der Waals surface area contributed by atoms with Crippen LogP contribution in [0.15, 0.2) is 24.3 Å². The molecule has 1 aromatic rings. The van der Waals surface area contributed by atoms with E-state index < -0.39 is 0 Å². The Kier molecular flexibility index (Phi) is 3.11. The van der Waals surface area contributed by atoms with Crippen molar-refractivity contribution in [2.45, 2.75) is 0 Å². The first kappa shape index (κ1) is 8.27. The monoisotopic (exact) mass is 170 g/mol. The van der Waals surface area contributed by atoms with Crippen molar-refractivity contribution in [3.8, 4) is 11.5 Å². The van der Waals surface area contributed by atoms with Gasteiger partial charge in [-0.15, -0.1) is 0 Å². The third-order valence-electron chi connectivity index (χ3n) is 1.22. The Morgan fingerprint density at radius 3 is 2.64 bits per heavy atom. The molecule has 0 atom stereocenters. The number of hydrogen-bond acceptors (Lipinski definition) is 3. The lowest BCUT2D eigenvalue weighted by Crippen LogP contribution is -1.83. The number of ether oxygens (including phenoxy) is 1. The number of benzene rings is 1. The van der Waals surface area contributed by atoms with Crippen molar-refractivity contribution in [3.05, 3.63) is 24.3 Å². The molecular formula is C8H10O2S. The van der Waals surface area contributed by atoms with Gasteiger partial charge in [0, 0.05) is 12.3 Å². The van der Waals surface area contributed by atoms with Gasteiger partial charge < -0.3 is 8.92 Å². The summed E-state index contributed by atoms with van der Waals surface area (Å²) in [6, 6.07) is 7.51. The van der Waals surface area contributed by atoms with Gasteiger partial charge in [0.2, 0.25) is 0 Å². The molecule has 1 rings (SSSR count). The number of rotatable bonds is 3. The van der Waals surface area contributed by atoms with E-state index in [-0.39, 0.29) is 0 Å². The largest absolute Gasteiger partial charge is 0.497 e. The normalized spacial score (nSPS) is 9.27. The van der Waals surface area contributed by atoms with Crippen LogP contribution in [0.4, 0.5) is 0 Å². The molecule has 60 valence electrons.